The molecular formula is C22H21N3O5S. The number of benzene rings is 1. The Morgan fingerprint density at radius 2 is 2.19 bits per heavy atom. The second-order valence-electron chi connectivity index (χ2n) is 7.76. The van der Waals surface area contributed by atoms with Gasteiger partial charge in [-0.25, -0.2) is 4.79 Å². The van der Waals surface area contributed by atoms with Gasteiger partial charge in [0.1, 0.15) is 17.5 Å². The van der Waals surface area contributed by atoms with Crippen molar-refractivity contribution in [3.63, 3.8) is 0 Å². The van der Waals surface area contributed by atoms with Crippen LogP contribution in [0.15, 0.2) is 33.5 Å². The van der Waals surface area contributed by atoms with Gasteiger partial charge in [0.25, 0.3) is 0 Å². The summed E-state index contributed by atoms with van der Waals surface area (Å²) in [6.45, 7) is 2.11. The number of cyclic esters (lactones) is 1. The molecule has 1 unspecified atom stereocenters. The molecule has 0 saturated carbocycles. The molecule has 1 saturated heterocycles. The highest BCUT2D eigenvalue weighted by molar-refractivity contribution is 7.08. The standard InChI is InChI=1S/C22H21N3O5S/c1-12(26)23-8-15-9-25(22(28)29-15)14-5-6-16-13(7-14)3-2-4-17-20(24-30-21(16)17)18-10-31-11-19(18)27/h5-7,10-11,15,27H,2-4,8-9H2,1H3,(H,23,26). The summed E-state index contributed by atoms with van der Waals surface area (Å²) >= 11 is 1.42. The maximum Gasteiger partial charge on any atom is 0.414 e. The Kier molecular flexibility index (Phi) is 4.90. The van der Waals surface area contributed by atoms with E-state index in [1.54, 1.807) is 10.3 Å². The van der Waals surface area contributed by atoms with Gasteiger partial charge in [-0.05, 0) is 43.0 Å². The molecule has 3 aromatic rings. The molecule has 1 fully saturated rings. The number of ether oxygens (including phenoxy) is 1. The third kappa shape index (κ3) is 3.54. The highest BCUT2D eigenvalue weighted by Gasteiger charge is 2.33. The molecule has 8 nitrogen and oxygen atoms in total. The molecule has 160 valence electrons. The third-order valence-corrected chi connectivity index (χ3v) is 6.39. The molecule has 2 aliphatic rings. The summed E-state index contributed by atoms with van der Waals surface area (Å²) in [6.07, 6.45) is 1.73. The van der Waals surface area contributed by atoms with Crippen LogP contribution in [0.3, 0.4) is 0 Å². The van der Waals surface area contributed by atoms with E-state index < -0.39 is 6.09 Å². The first-order chi connectivity index (χ1) is 15.0. The van der Waals surface area contributed by atoms with E-state index in [0.717, 1.165) is 41.6 Å². The highest BCUT2D eigenvalue weighted by atomic mass is 32.1. The van der Waals surface area contributed by atoms with E-state index in [2.05, 4.69) is 10.5 Å². The molecule has 3 heterocycles. The maximum absolute atomic E-state index is 12.4. The van der Waals surface area contributed by atoms with Crippen molar-refractivity contribution in [1.29, 1.82) is 0 Å². The number of carbonyl (C=O) groups is 2. The zero-order valence-electron chi connectivity index (χ0n) is 16.9. The molecule has 0 spiro atoms. The number of carbonyl (C=O) groups excluding carboxylic acids is 2. The minimum Gasteiger partial charge on any atom is -0.506 e. The molecule has 1 atom stereocenters. The van der Waals surface area contributed by atoms with Gasteiger partial charge >= 0.3 is 6.09 Å². The lowest BCUT2D eigenvalue weighted by Crippen LogP contribution is -2.33. The van der Waals surface area contributed by atoms with Crippen molar-refractivity contribution in [2.75, 3.05) is 18.0 Å². The van der Waals surface area contributed by atoms with Gasteiger partial charge in [0.05, 0.1) is 18.7 Å². The molecule has 2 amide bonds. The van der Waals surface area contributed by atoms with E-state index in [9.17, 15) is 14.7 Å². The number of amides is 2. The number of fused-ring (bicyclic) bond motifs is 3. The van der Waals surface area contributed by atoms with Crippen molar-refractivity contribution in [2.45, 2.75) is 32.3 Å². The number of nitrogens with one attached hydrogen (secondary N) is 1. The van der Waals surface area contributed by atoms with Gasteiger partial charge in [-0.2, -0.15) is 0 Å². The average molecular weight is 439 g/mol. The summed E-state index contributed by atoms with van der Waals surface area (Å²) in [5, 5.41) is 20.6. The quantitative estimate of drug-likeness (QED) is 0.642. The van der Waals surface area contributed by atoms with Crippen LogP contribution >= 0.6 is 11.3 Å². The predicted octanol–water partition coefficient (Wildman–Crippen LogP) is 3.73. The zero-order chi connectivity index (χ0) is 21.5. The molecule has 1 aliphatic carbocycles. The lowest BCUT2D eigenvalue weighted by Gasteiger charge is -2.15. The number of aryl methyl sites for hydroxylation is 1. The number of thiophene rings is 1. The van der Waals surface area contributed by atoms with Crippen molar-refractivity contribution in [3.8, 4) is 28.3 Å². The number of anilines is 1. The molecular weight excluding hydrogens is 418 g/mol. The number of hydrogen-bond donors (Lipinski definition) is 2. The van der Waals surface area contributed by atoms with E-state index in [1.165, 1.54) is 18.3 Å². The van der Waals surface area contributed by atoms with Crippen LogP contribution in [0.2, 0.25) is 0 Å². The average Bonchev–Trinajstić information content (AvgIpc) is 3.42. The second-order valence-corrected chi connectivity index (χ2v) is 8.50. The summed E-state index contributed by atoms with van der Waals surface area (Å²) in [7, 11) is 0. The number of hydrogen-bond acceptors (Lipinski definition) is 7. The molecule has 2 N–H and O–H groups in total. The monoisotopic (exact) mass is 439 g/mol. The van der Waals surface area contributed by atoms with E-state index in [1.807, 2.05) is 23.6 Å². The fourth-order valence-corrected chi connectivity index (χ4v) is 4.85. The summed E-state index contributed by atoms with van der Waals surface area (Å²) < 4.78 is 11.1. The first-order valence-corrected chi connectivity index (χ1v) is 11.1. The topological polar surface area (TPSA) is 105 Å². The lowest BCUT2D eigenvalue weighted by atomic mass is 10.0. The van der Waals surface area contributed by atoms with Crippen LogP contribution in [0.4, 0.5) is 10.5 Å². The Labute approximate surface area is 182 Å². The summed E-state index contributed by atoms with van der Waals surface area (Å²) in [4.78, 5) is 25.1. The molecule has 0 radical (unpaired) electrons. The first-order valence-electron chi connectivity index (χ1n) is 10.1. The van der Waals surface area contributed by atoms with Crippen molar-refractivity contribution in [2.24, 2.45) is 0 Å². The zero-order valence-corrected chi connectivity index (χ0v) is 17.7. The highest BCUT2D eigenvalue weighted by Crippen LogP contribution is 2.42. The van der Waals surface area contributed by atoms with Gasteiger partial charge in [-0.3, -0.25) is 9.69 Å². The molecule has 9 heteroatoms. The molecule has 5 rings (SSSR count). The molecule has 2 aromatic heterocycles. The first kappa shape index (κ1) is 19.6. The van der Waals surface area contributed by atoms with Gasteiger partial charge in [-0.1, -0.05) is 5.16 Å². The van der Waals surface area contributed by atoms with Crippen LogP contribution in [0, 0.1) is 0 Å². The van der Waals surface area contributed by atoms with Crippen LogP contribution in [0.5, 0.6) is 5.75 Å². The Hall–Kier alpha value is -3.33. The Morgan fingerprint density at radius 1 is 1.32 bits per heavy atom. The Balaban J connectivity index is 1.44. The van der Waals surface area contributed by atoms with E-state index in [0.29, 0.717) is 30.1 Å². The van der Waals surface area contributed by atoms with Crippen molar-refractivity contribution in [3.05, 3.63) is 40.1 Å². The maximum atomic E-state index is 12.4. The fraction of sp³-hybridized carbons (Fsp3) is 0.318. The predicted molar refractivity (Wildman–Crippen MR) is 115 cm³/mol. The van der Waals surface area contributed by atoms with Crippen LogP contribution in [-0.2, 0) is 22.4 Å². The SMILES string of the molecule is CC(=O)NCC1CN(c2ccc3c(c2)CCCc2c(-c4cscc4O)noc2-3)C(=O)O1. The Bertz CT molecular complexity index is 1170. The summed E-state index contributed by atoms with van der Waals surface area (Å²) in [6, 6.07) is 5.82. The molecule has 31 heavy (non-hydrogen) atoms. The minimum absolute atomic E-state index is 0.155. The Morgan fingerprint density at radius 3 is 2.97 bits per heavy atom. The van der Waals surface area contributed by atoms with Gasteiger partial charge in [0.15, 0.2) is 5.76 Å². The second kappa shape index (κ2) is 7.73. The smallest absolute Gasteiger partial charge is 0.414 e. The van der Waals surface area contributed by atoms with Crippen LogP contribution in [0.25, 0.3) is 22.6 Å². The number of nitrogens with zero attached hydrogens (tertiary/aromatic N) is 2. The summed E-state index contributed by atoms with van der Waals surface area (Å²) in [5.41, 5.74) is 5.16. The summed E-state index contributed by atoms with van der Waals surface area (Å²) in [5.74, 6) is 0.770. The van der Waals surface area contributed by atoms with Gasteiger partial charge in [-0.15, -0.1) is 11.3 Å². The van der Waals surface area contributed by atoms with Gasteiger partial charge in [0.2, 0.25) is 5.91 Å². The number of rotatable bonds is 4. The number of aromatic nitrogens is 1. The van der Waals surface area contributed by atoms with Crippen molar-refractivity contribution < 1.29 is 24.0 Å². The van der Waals surface area contributed by atoms with Gasteiger partial charge < -0.3 is 19.7 Å². The molecule has 1 aliphatic heterocycles. The van der Waals surface area contributed by atoms with E-state index in [-0.39, 0.29) is 17.8 Å². The molecule has 0 bridgehead atoms. The van der Waals surface area contributed by atoms with Crippen LogP contribution in [0.1, 0.15) is 24.5 Å². The number of aromatic hydroxyl groups is 1. The fourth-order valence-electron chi connectivity index (χ4n) is 4.16. The normalized spacial score (nSPS) is 17.6. The largest absolute Gasteiger partial charge is 0.506 e. The van der Waals surface area contributed by atoms with Crippen molar-refractivity contribution in [1.82, 2.24) is 10.5 Å². The van der Waals surface area contributed by atoms with E-state index >= 15 is 0 Å². The van der Waals surface area contributed by atoms with Crippen LogP contribution < -0.4 is 10.2 Å². The van der Waals surface area contributed by atoms with Crippen molar-refractivity contribution >= 4 is 29.0 Å². The minimum atomic E-state index is -0.417. The molecule has 1 aromatic carbocycles. The third-order valence-electron chi connectivity index (χ3n) is 5.66. The lowest BCUT2D eigenvalue weighted by molar-refractivity contribution is -0.119. The van der Waals surface area contributed by atoms with Gasteiger partial charge in [0, 0.05) is 34.5 Å². The van der Waals surface area contributed by atoms with E-state index in [4.69, 9.17) is 9.26 Å². The van der Waals surface area contributed by atoms with Crippen LogP contribution in [-0.4, -0.2) is 41.5 Å².